The van der Waals surface area contributed by atoms with Gasteiger partial charge in [-0.05, 0) is 43.2 Å². The minimum Gasteiger partial charge on any atom is -0.495 e. The van der Waals surface area contributed by atoms with E-state index in [0.29, 0.717) is 50.0 Å². The number of nitrogens with one attached hydrogen (secondary N) is 2. The Hall–Kier alpha value is -4.18. The van der Waals surface area contributed by atoms with Gasteiger partial charge in [-0.25, -0.2) is 4.98 Å². The zero-order valence-corrected chi connectivity index (χ0v) is 21.1. The third-order valence-corrected chi connectivity index (χ3v) is 7.03. The van der Waals surface area contributed by atoms with E-state index in [1.54, 1.807) is 55.5 Å². The van der Waals surface area contributed by atoms with Crippen LogP contribution in [0.25, 0.3) is 10.2 Å². The van der Waals surface area contributed by atoms with Gasteiger partial charge in [-0.15, -0.1) is 11.3 Å². The molecule has 2 N–H and O–H groups in total. The quantitative estimate of drug-likeness (QED) is 0.361. The first kappa shape index (κ1) is 24.9. The fourth-order valence-corrected chi connectivity index (χ4v) is 5.01. The molecule has 0 saturated carbocycles. The van der Waals surface area contributed by atoms with Gasteiger partial charge in [0.1, 0.15) is 22.4 Å². The molecule has 36 heavy (non-hydrogen) atoms. The first-order valence-corrected chi connectivity index (χ1v) is 12.1. The highest BCUT2D eigenvalue weighted by Crippen LogP contribution is 2.30. The average Bonchev–Trinajstić information content (AvgIpc) is 3.23. The number of aryl methyl sites for hydroxylation is 1. The van der Waals surface area contributed by atoms with Crippen LogP contribution in [0.1, 0.15) is 34.6 Å². The molecule has 2 aromatic carbocycles. The topological polar surface area (TPSA) is 112 Å². The number of ether oxygens (including phenoxy) is 2. The Morgan fingerprint density at radius 2 is 1.58 bits per heavy atom. The number of anilines is 2. The maximum atomic E-state index is 13.5. The van der Waals surface area contributed by atoms with Crippen molar-refractivity contribution >= 4 is 44.7 Å². The number of methoxy groups -OCH3 is 2. The van der Waals surface area contributed by atoms with E-state index in [1.807, 2.05) is 6.92 Å². The monoisotopic (exact) mass is 506 g/mol. The molecule has 0 spiro atoms. The van der Waals surface area contributed by atoms with Crippen LogP contribution in [-0.2, 0) is 4.79 Å². The van der Waals surface area contributed by atoms with Gasteiger partial charge in [0.15, 0.2) is 0 Å². The molecule has 10 heteroatoms. The van der Waals surface area contributed by atoms with Gasteiger partial charge in [0.25, 0.3) is 11.5 Å². The van der Waals surface area contributed by atoms with Crippen LogP contribution in [0.3, 0.4) is 0 Å². The SMILES string of the molecule is CCC(C(=O)Nc1ccccc1OC)n1cnc2sc(C(=O)Nc3ccccc3OC)c(C)c2c1=O. The molecule has 0 aliphatic carbocycles. The Labute approximate surface area is 211 Å². The second-order valence-electron chi connectivity index (χ2n) is 7.96. The van der Waals surface area contributed by atoms with Crippen molar-refractivity contribution in [3.05, 3.63) is 75.7 Å². The normalized spacial score (nSPS) is 11.7. The minimum atomic E-state index is -0.801. The van der Waals surface area contributed by atoms with Crippen molar-refractivity contribution < 1.29 is 19.1 Å². The maximum absolute atomic E-state index is 13.5. The van der Waals surface area contributed by atoms with Crippen molar-refractivity contribution in [3.63, 3.8) is 0 Å². The molecule has 1 unspecified atom stereocenters. The number of amides is 2. The van der Waals surface area contributed by atoms with Gasteiger partial charge in [-0.3, -0.25) is 19.0 Å². The molecule has 186 valence electrons. The van der Waals surface area contributed by atoms with Crippen LogP contribution in [0, 0.1) is 6.92 Å². The number of fused-ring (bicyclic) bond motifs is 1. The third-order valence-electron chi connectivity index (χ3n) is 5.83. The van der Waals surface area contributed by atoms with E-state index in [2.05, 4.69) is 15.6 Å². The van der Waals surface area contributed by atoms with Gasteiger partial charge in [-0.2, -0.15) is 0 Å². The predicted molar refractivity (Wildman–Crippen MR) is 141 cm³/mol. The number of carbonyl (C=O) groups excluding carboxylic acids is 2. The number of carbonyl (C=O) groups is 2. The van der Waals surface area contributed by atoms with E-state index in [0.717, 1.165) is 11.3 Å². The van der Waals surface area contributed by atoms with Crippen LogP contribution in [0.2, 0.25) is 0 Å². The van der Waals surface area contributed by atoms with E-state index in [1.165, 1.54) is 25.1 Å². The molecule has 2 aromatic heterocycles. The van der Waals surface area contributed by atoms with Gasteiger partial charge in [0, 0.05) is 0 Å². The molecule has 4 rings (SSSR count). The van der Waals surface area contributed by atoms with Crippen LogP contribution in [0.15, 0.2) is 59.7 Å². The maximum Gasteiger partial charge on any atom is 0.266 e. The summed E-state index contributed by atoms with van der Waals surface area (Å²) >= 11 is 1.13. The summed E-state index contributed by atoms with van der Waals surface area (Å²) in [7, 11) is 3.04. The van der Waals surface area contributed by atoms with Crippen molar-refractivity contribution in [1.82, 2.24) is 9.55 Å². The number of nitrogens with zero attached hydrogens (tertiary/aromatic N) is 2. The largest absolute Gasteiger partial charge is 0.495 e. The van der Waals surface area contributed by atoms with E-state index in [-0.39, 0.29) is 17.4 Å². The Morgan fingerprint density at radius 1 is 1.00 bits per heavy atom. The summed E-state index contributed by atoms with van der Waals surface area (Å²) in [5.74, 6) is 0.303. The lowest BCUT2D eigenvalue weighted by molar-refractivity contribution is -0.119. The van der Waals surface area contributed by atoms with Crippen molar-refractivity contribution in [2.45, 2.75) is 26.3 Å². The first-order valence-electron chi connectivity index (χ1n) is 11.3. The summed E-state index contributed by atoms with van der Waals surface area (Å²) in [6.45, 7) is 3.52. The molecule has 9 nitrogen and oxygen atoms in total. The zero-order valence-electron chi connectivity index (χ0n) is 20.3. The number of hydrogen-bond acceptors (Lipinski definition) is 7. The predicted octanol–water partition coefficient (Wildman–Crippen LogP) is 4.63. The highest BCUT2D eigenvalue weighted by atomic mass is 32.1. The molecule has 0 bridgehead atoms. The van der Waals surface area contributed by atoms with Crippen molar-refractivity contribution in [2.24, 2.45) is 0 Å². The molecule has 4 aromatic rings. The van der Waals surface area contributed by atoms with Gasteiger partial charge in [0.05, 0.1) is 42.2 Å². The second-order valence-corrected chi connectivity index (χ2v) is 8.96. The molecule has 0 saturated heterocycles. The molecule has 1 atom stereocenters. The molecule has 0 fully saturated rings. The Morgan fingerprint density at radius 3 is 2.17 bits per heavy atom. The first-order chi connectivity index (χ1) is 17.4. The molecule has 2 heterocycles. The summed E-state index contributed by atoms with van der Waals surface area (Å²) in [6, 6.07) is 13.3. The lowest BCUT2D eigenvalue weighted by Gasteiger charge is -2.18. The number of para-hydroxylation sites is 4. The molecule has 0 radical (unpaired) electrons. The Bertz CT molecular complexity index is 1490. The number of rotatable bonds is 8. The zero-order chi connectivity index (χ0) is 25.8. The van der Waals surface area contributed by atoms with Crippen LogP contribution in [0.5, 0.6) is 11.5 Å². The van der Waals surface area contributed by atoms with Crippen LogP contribution < -0.4 is 25.7 Å². The van der Waals surface area contributed by atoms with Crippen molar-refractivity contribution in [2.75, 3.05) is 24.9 Å². The highest BCUT2D eigenvalue weighted by molar-refractivity contribution is 7.20. The second kappa shape index (κ2) is 10.6. The average molecular weight is 507 g/mol. The Balaban J connectivity index is 1.67. The molecule has 0 aliphatic rings. The minimum absolute atomic E-state index is 0.316. The van der Waals surface area contributed by atoms with Crippen LogP contribution in [-0.4, -0.2) is 35.6 Å². The lowest BCUT2D eigenvalue weighted by atomic mass is 10.1. The number of benzene rings is 2. The number of thiophene rings is 1. The summed E-state index contributed by atoms with van der Waals surface area (Å²) < 4.78 is 11.9. The van der Waals surface area contributed by atoms with Crippen LogP contribution in [0.4, 0.5) is 11.4 Å². The van der Waals surface area contributed by atoms with E-state index in [4.69, 9.17) is 9.47 Å². The summed E-state index contributed by atoms with van der Waals surface area (Å²) in [5, 5.41) is 5.99. The van der Waals surface area contributed by atoms with Gasteiger partial charge < -0.3 is 20.1 Å². The van der Waals surface area contributed by atoms with Crippen molar-refractivity contribution in [1.29, 1.82) is 0 Å². The summed E-state index contributed by atoms with van der Waals surface area (Å²) in [6.07, 6.45) is 1.72. The van der Waals surface area contributed by atoms with Crippen molar-refractivity contribution in [3.8, 4) is 11.5 Å². The molecule has 0 aliphatic heterocycles. The van der Waals surface area contributed by atoms with Gasteiger partial charge in [0.2, 0.25) is 5.91 Å². The van der Waals surface area contributed by atoms with Gasteiger partial charge in [-0.1, -0.05) is 31.2 Å². The fourth-order valence-electron chi connectivity index (χ4n) is 3.98. The molecule has 2 amide bonds. The highest BCUT2D eigenvalue weighted by Gasteiger charge is 2.25. The number of hydrogen-bond donors (Lipinski definition) is 2. The summed E-state index contributed by atoms with van der Waals surface area (Å²) in [4.78, 5) is 44.9. The van der Waals surface area contributed by atoms with E-state index >= 15 is 0 Å². The molecular weight excluding hydrogens is 480 g/mol. The summed E-state index contributed by atoms with van der Waals surface area (Å²) in [5.41, 5.74) is 1.15. The standard InChI is InChI=1S/C26H26N4O5S/c1-5-18(23(31)28-16-10-6-8-12-19(16)34-3)30-14-27-25-21(26(30)33)15(2)22(36-25)24(32)29-17-11-7-9-13-20(17)35-4/h6-14,18H,5H2,1-4H3,(H,28,31)(H,29,32). The van der Waals surface area contributed by atoms with E-state index < -0.39 is 6.04 Å². The Kier molecular flexibility index (Phi) is 7.35. The lowest BCUT2D eigenvalue weighted by Crippen LogP contribution is -2.33. The van der Waals surface area contributed by atoms with E-state index in [9.17, 15) is 14.4 Å². The number of aromatic nitrogens is 2. The smallest absolute Gasteiger partial charge is 0.266 e. The molecular formula is C26H26N4O5S. The van der Waals surface area contributed by atoms with Gasteiger partial charge >= 0.3 is 0 Å². The fraction of sp³-hybridized carbons (Fsp3) is 0.231. The third kappa shape index (κ3) is 4.67. The van der Waals surface area contributed by atoms with Crippen LogP contribution >= 0.6 is 11.3 Å².